The van der Waals surface area contributed by atoms with Gasteiger partial charge in [0.25, 0.3) is 5.91 Å². The summed E-state index contributed by atoms with van der Waals surface area (Å²) in [5.41, 5.74) is 2.90. The van der Waals surface area contributed by atoms with E-state index >= 15 is 0 Å². The molecule has 1 amide bonds. The normalized spacial score (nSPS) is 12.5. The molecule has 1 atom stereocenters. The van der Waals surface area contributed by atoms with Crippen LogP contribution in [-0.2, 0) is 14.8 Å². The van der Waals surface area contributed by atoms with Crippen molar-refractivity contribution < 1.29 is 26.8 Å². The first-order chi connectivity index (χ1) is 18.5. The zero-order valence-corrected chi connectivity index (χ0v) is 23.8. The van der Waals surface area contributed by atoms with Crippen molar-refractivity contribution in [3.8, 4) is 22.6 Å². The molecule has 0 spiro atoms. The molecule has 2 heterocycles. The Morgan fingerprint density at radius 2 is 1.90 bits per heavy atom. The van der Waals surface area contributed by atoms with Crippen LogP contribution in [0.25, 0.3) is 33.6 Å². The number of hydrogen-bond donors (Lipinski definition) is 1. The second kappa shape index (κ2) is 11.3. The molecule has 0 saturated heterocycles. The van der Waals surface area contributed by atoms with E-state index < -0.39 is 21.7 Å². The van der Waals surface area contributed by atoms with Crippen LogP contribution in [0.2, 0.25) is 5.15 Å². The molecule has 0 aliphatic rings. The SMILES string of the molecule is CCOCC(C)c1ccc(-c2cc3c(C(=O)NC)c(-c4ccc(F)cc4)oc3cc2N(C)S(C)(=O)=O)nc1Cl. The first-order valence-corrected chi connectivity index (χ1v) is 14.5. The Balaban J connectivity index is 1.99. The lowest BCUT2D eigenvalue weighted by atomic mass is 9.99. The van der Waals surface area contributed by atoms with Gasteiger partial charge in [0.1, 0.15) is 22.3 Å². The highest BCUT2D eigenvalue weighted by molar-refractivity contribution is 7.92. The van der Waals surface area contributed by atoms with E-state index in [0.717, 1.165) is 16.1 Å². The third-order valence-electron chi connectivity index (χ3n) is 6.46. The number of benzene rings is 2. The minimum Gasteiger partial charge on any atom is -0.455 e. The zero-order valence-electron chi connectivity index (χ0n) is 22.2. The lowest BCUT2D eigenvalue weighted by Crippen LogP contribution is -2.25. The van der Waals surface area contributed by atoms with Gasteiger partial charge in [0.2, 0.25) is 10.0 Å². The quantitative estimate of drug-likeness (QED) is 0.252. The van der Waals surface area contributed by atoms with Crippen molar-refractivity contribution in [1.29, 1.82) is 0 Å². The first-order valence-electron chi connectivity index (χ1n) is 12.2. The Morgan fingerprint density at radius 3 is 2.49 bits per heavy atom. The molecule has 11 heteroatoms. The van der Waals surface area contributed by atoms with Crippen molar-refractivity contribution in [3.05, 3.63) is 70.6 Å². The minimum absolute atomic E-state index is 0.00774. The largest absolute Gasteiger partial charge is 0.455 e. The number of halogens is 2. The zero-order chi connectivity index (χ0) is 28.5. The molecule has 2 aromatic carbocycles. The van der Waals surface area contributed by atoms with E-state index in [-0.39, 0.29) is 33.7 Å². The Labute approximate surface area is 231 Å². The first kappa shape index (κ1) is 28.5. The van der Waals surface area contributed by atoms with Crippen molar-refractivity contribution in [2.75, 3.05) is 37.9 Å². The monoisotopic (exact) mass is 573 g/mol. The Hall–Kier alpha value is -3.47. The number of hydrogen-bond acceptors (Lipinski definition) is 6. The van der Waals surface area contributed by atoms with E-state index in [1.807, 2.05) is 19.9 Å². The maximum atomic E-state index is 13.6. The van der Waals surface area contributed by atoms with E-state index in [9.17, 15) is 17.6 Å². The third kappa shape index (κ3) is 5.78. The van der Waals surface area contributed by atoms with Crippen LogP contribution in [0, 0.1) is 5.82 Å². The summed E-state index contributed by atoms with van der Waals surface area (Å²) >= 11 is 6.58. The molecule has 4 aromatic rings. The Morgan fingerprint density at radius 1 is 1.21 bits per heavy atom. The summed E-state index contributed by atoms with van der Waals surface area (Å²) in [6.45, 7) is 4.94. The van der Waals surface area contributed by atoms with Gasteiger partial charge in [0, 0.05) is 49.2 Å². The maximum Gasteiger partial charge on any atom is 0.255 e. The van der Waals surface area contributed by atoms with Gasteiger partial charge in [-0.05, 0) is 48.9 Å². The van der Waals surface area contributed by atoms with Crippen LogP contribution >= 0.6 is 11.6 Å². The smallest absolute Gasteiger partial charge is 0.255 e. The van der Waals surface area contributed by atoms with Gasteiger partial charge in [0.15, 0.2) is 0 Å². The summed E-state index contributed by atoms with van der Waals surface area (Å²) in [5, 5.41) is 3.31. The second-order valence-corrected chi connectivity index (χ2v) is 11.5. The van der Waals surface area contributed by atoms with Crippen LogP contribution in [0.3, 0.4) is 0 Å². The van der Waals surface area contributed by atoms with Crippen molar-refractivity contribution in [2.24, 2.45) is 0 Å². The molecule has 0 aliphatic heterocycles. The number of pyridine rings is 1. The van der Waals surface area contributed by atoms with Crippen molar-refractivity contribution in [3.63, 3.8) is 0 Å². The van der Waals surface area contributed by atoms with Gasteiger partial charge in [-0.1, -0.05) is 24.6 Å². The molecule has 206 valence electrons. The van der Waals surface area contributed by atoms with Crippen LogP contribution < -0.4 is 9.62 Å². The van der Waals surface area contributed by atoms with Crippen LogP contribution in [0.4, 0.5) is 10.1 Å². The highest BCUT2D eigenvalue weighted by atomic mass is 35.5. The third-order valence-corrected chi connectivity index (χ3v) is 7.95. The average molecular weight is 574 g/mol. The summed E-state index contributed by atoms with van der Waals surface area (Å²) in [6, 6.07) is 12.4. The van der Waals surface area contributed by atoms with Gasteiger partial charge in [0.05, 0.1) is 29.8 Å². The van der Waals surface area contributed by atoms with Crippen LogP contribution in [-0.4, -0.2) is 52.9 Å². The maximum absolute atomic E-state index is 13.6. The Kier molecular flexibility index (Phi) is 8.29. The number of aromatic nitrogens is 1. The molecule has 39 heavy (non-hydrogen) atoms. The topological polar surface area (TPSA) is 102 Å². The molecule has 4 rings (SSSR count). The molecule has 1 unspecified atom stereocenters. The van der Waals surface area contributed by atoms with Gasteiger partial charge < -0.3 is 14.5 Å². The summed E-state index contributed by atoms with van der Waals surface area (Å²) in [7, 11) is -0.773. The van der Waals surface area contributed by atoms with E-state index in [1.165, 1.54) is 38.4 Å². The van der Waals surface area contributed by atoms with Gasteiger partial charge in [-0.2, -0.15) is 0 Å². The van der Waals surface area contributed by atoms with Crippen LogP contribution in [0.15, 0.2) is 52.9 Å². The lowest BCUT2D eigenvalue weighted by Gasteiger charge is -2.21. The number of carbonyl (C=O) groups excluding carboxylic acids is 1. The van der Waals surface area contributed by atoms with Crippen molar-refractivity contribution >= 4 is 44.2 Å². The highest BCUT2D eigenvalue weighted by Gasteiger charge is 2.26. The minimum atomic E-state index is -3.68. The number of furan rings is 1. The molecule has 1 N–H and O–H groups in total. The number of sulfonamides is 1. The predicted octanol–water partition coefficient (Wildman–Crippen LogP) is 5.85. The molecule has 0 fully saturated rings. The fourth-order valence-electron chi connectivity index (χ4n) is 4.28. The van der Waals surface area contributed by atoms with Gasteiger partial charge in [-0.15, -0.1) is 0 Å². The predicted molar refractivity (Wildman–Crippen MR) is 151 cm³/mol. The van der Waals surface area contributed by atoms with E-state index in [0.29, 0.717) is 35.4 Å². The number of carbonyl (C=O) groups is 1. The number of ether oxygens (including phenoxy) is 1. The summed E-state index contributed by atoms with van der Waals surface area (Å²) in [4.78, 5) is 17.6. The van der Waals surface area contributed by atoms with Crippen LogP contribution in [0.1, 0.15) is 35.7 Å². The summed E-state index contributed by atoms with van der Waals surface area (Å²) in [6.07, 6.45) is 1.09. The van der Waals surface area contributed by atoms with E-state index in [1.54, 1.807) is 18.2 Å². The van der Waals surface area contributed by atoms with Crippen molar-refractivity contribution in [1.82, 2.24) is 10.3 Å². The van der Waals surface area contributed by atoms with Crippen molar-refractivity contribution in [2.45, 2.75) is 19.8 Å². The van der Waals surface area contributed by atoms with E-state index in [4.69, 9.17) is 20.8 Å². The standard InChI is InChI=1S/C28H29ClFN3O5S/c1-6-37-15-16(2)19-11-12-22(32-27(19)29)20-13-21-24(14-23(20)33(4)39(5,35)36)38-26(25(21)28(34)31-3)17-7-9-18(30)10-8-17/h7-14,16H,6,15H2,1-5H3,(H,31,34). The fourth-order valence-corrected chi connectivity index (χ4v) is 5.13. The number of nitrogens with one attached hydrogen (secondary N) is 1. The number of fused-ring (bicyclic) bond motifs is 1. The number of rotatable bonds is 9. The number of nitrogens with zero attached hydrogens (tertiary/aromatic N) is 2. The molecule has 0 bridgehead atoms. The second-order valence-electron chi connectivity index (χ2n) is 9.13. The van der Waals surface area contributed by atoms with Gasteiger partial charge in [-0.25, -0.2) is 17.8 Å². The highest BCUT2D eigenvalue weighted by Crippen LogP contribution is 2.41. The molecule has 0 aliphatic carbocycles. The molecule has 0 saturated carbocycles. The fraction of sp³-hybridized carbons (Fsp3) is 0.286. The van der Waals surface area contributed by atoms with Gasteiger partial charge in [-0.3, -0.25) is 9.10 Å². The van der Waals surface area contributed by atoms with E-state index in [2.05, 4.69) is 10.3 Å². The average Bonchev–Trinajstić information content (AvgIpc) is 3.28. The molecule has 8 nitrogen and oxygen atoms in total. The lowest BCUT2D eigenvalue weighted by molar-refractivity contribution is 0.0964. The van der Waals surface area contributed by atoms with Crippen LogP contribution in [0.5, 0.6) is 0 Å². The molecular formula is C28H29ClFN3O5S. The number of anilines is 1. The summed E-state index contributed by atoms with van der Waals surface area (Å²) in [5.74, 6) is -0.640. The molecular weight excluding hydrogens is 545 g/mol. The number of amides is 1. The Bertz CT molecular complexity index is 1640. The molecule has 2 aromatic heterocycles. The summed E-state index contributed by atoms with van der Waals surface area (Å²) < 4.78 is 51.5. The van der Waals surface area contributed by atoms with Gasteiger partial charge >= 0.3 is 0 Å². The molecule has 0 radical (unpaired) electrons.